The number of rotatable bonds is 3. The molecule has 0 fully saturated rings. The zero-order chi connectivity index (χ0) is 20.8. The average molecular weight is 414 g/mol. The van der Waals surface area contributed by atoms with E-state index in [-0.39, 0.29) is 5.88 Å². The SMILES string of the molecule is Cc1nc(N=Nc2c(O)[nH]c3c(C)c(C)ccc23)c2cc(-c3ccccc3)sc2n1. The maximum absolute atomic E-state index is 10.4. The summed E-state index contributed by atoms with van der Waals surface area (Å²) < 4.78 is 0. The minimum absolute atomic E-state index is 0.000217. The number of aromatic hydroxyl groups is 1. The molecule has 0 spiro atoms. The molecule has 5 aromatic rings. The van der Waals surface area contributed by atoms with Gasteiger partial charge in [0.05, 0.1) is 10.9 Å². The molecular formula is C23H19N5OS. The minimum Gasteiger partial charge on any atom is -0.493 e. The molecule has 2 aromatic carbocycles. The van der Waals surface area contributed by atoms with E-state index in [2.05, 4.69) is 37.3 Å². The number of hydrogen-bond donors (Lipinski definition) is 2. The molecule has 0 atom stereocenters. The second kappa shape index (κ2) is 7.03. The van der Waals surface area contributed by atoms with Crippen molar-refractivity contribution in [2.24, 2.45) is 10.2 Å². The van der Waals surface area contributed by atoms with Crippen molar-refractivity contribution in [3.63, 3.8) is 0 Å². The lowest BCUT2D eigenvalue weighted by molar-refractivity contribution is 0.459. The van der Waals surface area contributed by atoms with E-state index in [9.17, 15) is 5.11 Å². The summed E-state index contributed by atoms with van der Waals surface area (Å²) in [5, 5.41) is 20.9. The van der Waals surface area contributed by atoms with Crippen LogP contribution in [0.2, 0.25) is 0 Å². The van der Waals surface area contributed by atoms with Crippen LogP contribution >= 0.6 is 11.3 Å². The third-order valence-corrected chi connectivity index (χ3v) is 6.32. The normalized spacial score (nSPS) is 11.8. The Kier molecular flexibility index (Phi) is 4.33. The van der Waals surface area contributed by atoms with Gasteiger partial charge in [0.15, 0.2) is 11.5 Å². The summed E-state index contributed by atoms with van der Waals surface area (Å²) in [6.45, 7) is 5.90. The van der Waals surface area contributed by atoms with Gasteiger partial charge in [0.1, 0.15) is 10.7 Å². The van der Waals surface area contributed by atoms with E-state index in [1.165, 1.54) is 0 Å². The minimum atomic E-state index is -0.000217. The first-order valence-corrected chi connectivity index (χ1v) is 10.4. The number of nitrogens with one attached hydrogen (secondary N) is 1. The number of thiophene rings is 1. The van der Waals surface area contributed by atoms with Crippen LogP contribution in [0.25, 0.3) is 31.6 Å². The van der Waals surface area contributed by atoms with Crippen molar-refractivity contribution < 1.29 is 5.11 Å². The van der Waals surface area contributed by atoms with Gasteiger partial charge in [-0.2, -0.15) is 0 Å². The van der Waals surface area contributed by atoms with Crippen molar-refractivity contribution in [3.8, 4) is 16.3 Å². The first-order chi connectivity index (χ1) is 14.5. The van der Waals surface area contributed by atoms with Crippen molar-refractivity contribution in [2.45, 2.75) is 20.8 Å². The second-order valence-electron chi connectivity index (χ2n) is 7.24. The van der Waals surface area contributed by atoms with E-state index in [1.54, 1.807) is 11.3 Å². The summed E-state index contributed by atoms with van der Waals surface area (Å²) in [5.41, 5.74) is 4.63. The van der Waals surface area contributed by atoms with Crippen molar-refractivity contribution in [2.75, 3.05) is 0 Å². The molecule has 0 saturated carbocycles. The number of nitrogens with zero attached hydrogens (tertiary/aromatic N) is 4. The van der Waals surface area contributed by atoms with Crippen LogP contribution in [-0.4, -0.2) is 20.1 Å². The Morgan fingerprint density at radius 2 is 1.73 bits per heavy atom. The number of benzene rings is 2. The zero-order valence-corrected chi connectivity index (χ0v) is 17.6. The third-order valence-electron chi connectivity index (χ3n) is 5.25. The van der Waals surface area contributed by atoms with Gasteiger partial charge in [-0.15, -0.1) is 21.6 Å². The lowest BCUT2D eigenvalue weighted by Crippen LogP contribution is -1.85. The van der Waals surface area contributed by atoms with Gasteiger partial charge >= 0.3 is 0 Å². The fourth-order valence-electron chi connectivity index (χ4n) is 3.51. The van der Waals surface area contributed by atoms with Crippen molar-refractivity contribution >= 4 is 44.0 Å². The van der Waals surface area contributed by atoms with Crippen LogP contribution in [0.4, 0.5) is 11.5 Å². The monoisotopic (exact) mass is 413 g/mol. The Labute approximate surface area is 177 Å². The zero-order valence-electron chi connectivity index (χ0n) is 16.8. The predicted molar refractivity (Wildman–Crippen MR) is 121 cm³/mol. The van der Waals surface area contributed by atoms with E-state index >= 15 is 0 Å². The molecule has 0 radical (unpaired) electrons. The molecule has 3 aromatic heterocycles. The van der Waals surface area contributed by atoms with Crippen LogP contribution in [0.3, 0.4) is 0 Å². The summed E-state index contributed by atoms with van der Waals surface area (Å²) in [5.74, 6) is 1.13. The molecule has 0 aliphatic heterocycles. The molecule has 6 nitrogen and oxygen atoms in total. The van der Waals surface area contributed by atoms with Crippen molar-refractivity contribution in [1.82, 2.24) is 15.0 Å². The number of hydrogen-bond acceptors (Lipinski definition) is 6. The maximum Gasteiger partial charge on any atom is 0.218 e. The fourth-order valence-corrected chi connectivity index (χ4v) is 4.59. The average Bonchev–Trinajstić information content (AvgIpc) is 3.31. The van der Waals surface area contributed by atoms with E-state index in [0.717, 1.165) is 42.7 Å². The first kappa shape index (κ1) is 18.4. The molecule has 3 heterocycles. The van der Waals surface area contributed by atoms with E-state index in [4.69, 9.17) is 0 Å². The molecule has 0 saturated heterocycles. The smallest absolute Gasteiger partial charge is 0.218 e. The molecule has 0 aliphatic carbocycles. The summed E-state index contributed by atoms with van der Waals surface area (Å²) >= 11 is 1.60. The maximum atomic E-state index is 10.4. The fraction of sp³-hybridized carbons (Fsp3) is 0.130. The highest BCUT2D eigenvalue weighted by Gasteiger charge is 2.15. The number of aryl methyl sites for hydroxylation is 3. The second-order valence-corrected chi connectivity index (χ2v) is 8.27. The molecule has 5 rings (SSSR count). The number of aromatic amines is 1. The molecule has 0 aliphatic rings. The van der Waals surface area contributed by atoms with Gasteiger partial charge in [-0.25, -0.2) is 9.97 Å². The van der Waals surface area contributed by atoms with E-state index in [0.29, 0.717) is 17.3 Å². The van der Waals surface area contributed by atoms with Crippen molar-refractivity contribution in [3.05, 3.63) is 65.5 Å². The highest BCUT2D eigenvalue weighted by molar-refractivity contribution is 7.21. The Morgan fingerprint density at radius 3 is 2.53 bits per heavy atom. The van der Waals surface area contributed by atoms with Crippen molar-refractivity contribution in [1.29, 1.82) is 0 Å². The molecule has 148 valence electrons. The number of fused-ring (bicyclic) bond motifs is 2. The summed E-state index contributed by atoms with van der Waals surface area (Å²) in [6.07, 6.45) is 0. The molecular weight excluding hydrogens is 394 g/mol. The van der Waals surface area contributed by atoms with Gasteiger partial charge < -0.3 is 10.1 Å². The molecule has 0 bridgehead atoms. The summed E-state index contributed by atoms with van der Waals surface area (Å²) in [6, 6.07) is 16.2. The first-order valence-electron chi connectivity index (χ1n) is 9.57. The van der Waals surface area contributed by atoms with Crippen LogP contribution in [0, 0.1) is 20.8 Å². The highest BCUT2D eigenvalue weighted by atomic mass is 32.1. The highest BCUT2D eigenvalue weighted by Crippen LogP contribution is 2.40. The molecule has 2 N–H and O–H groups in total. The third kappa shape index (κ3) is 3.04. The molecule has 7 heteroatoms. The number of H-pyrrole nitrogens is 1. The predicted octanol–water partition coefficient (Wildman–Crippen LogP) is 6.89. The van der Waals surface area contributed by atoms with Gasteiger partial charge in [0.2, 0.25) is 5.88 Å². The van der Waals surface area contributed by atoms with Crippen LogP contribution < -0.4 is 0 Å². The quantitative estimate of drug-likeness (QED) is 0.316. The number of aromatic nitrogens is 3. The van der Waals surface area contributed by atoms with Gasteiger partial charge in [-0.1, -0.05) is 42.5 Å². The topological polar surface area (TPSA) is 86.5 Å². The Morgan fingerprint density at radius 1 is 0.933 bits per heavy atom. The van der Waals surface area contributed by atoms with E-state index < -0.39 is 0 Å². The lowest BCUT2D eigenvalue weighted by Gasteiger charge is -2.00. The summed E-state index contributed by atoms with van der Waals surface area (Å²) in [7, 11) is 0. The standard InChI is InChI=1S/C23H19N5OS/c1-12-9-10-16-19(13(12)2)26-22(29)20(16)27-28-21-17-11-18(15-7-5-4-6-8-15)30-23(17)25-14(3)24-21/h4-11,26,29H,1-3H3. The Hall–Kier alpha value is -3.58. The van der Waals surface area contributed by atoms with Crippen LogP contribution in [0.15, 0.2) is 58.8 Å². The van der Waals surface area contributed by atoms with Gasteiger partial charge in [0.25, 0.3) is 0 Å². The Bertz CT molecular complexity index is 1430. The molecule has 30 heavy (non-hydrogen) atoms. The van der Waals surface area contributed by atoms with Gasteiger partial charge in [-0.3, -0.25) is 0 Å². The Balaban J connectivity index is 1.63. The van der Waals surface area contributed by atoms with Gasteiger partial charge in [0, 0.05) is 10.3 Å². The molecule has 0 amide bonds. The summed E-state index contributed by atoms with van der Waals surface area (Å²) in [4.78, 5) is 14.0. The van der Waals surface area contributed by atoms with Crippen LogP contribution in [0.5, 0.6) is 5.88 Å². The van der Waals surface area contributed by atoms with E-state index in [1.807, 2.05) is 57.2 Å². The lowest BCUT2D eigenvalue weighted by atomic mass is 10.1. The largest absolute Gasteiger partial charge is 0.493 e. The van der Waals surface area contributed by atoms with Crippen LogP contribution in [-0.2, 0) is 0 Å². The van der Waals surface area contributed by atoms with Crippen LogP contribution in [0.1, 0.15) is 17.0 Å². The molecule has 0 unspecified atom stereocenters. The number of azo groups is 1. The van der Waals surface area contributed by atoms with Gasteiger partial charge in [-0.05, 0) is 43.5 Å².